The number of rotatable bonds is 5. The normalized spacial score (nSPS) is 10.1. The van der Waals surface area contributed by atoms with Crippen molar-refractivity contribution in [2.75, 3.05) is 20.2 Å². The maximum Gasteiger partial charge on any atom is 0.307 e. The third-order valence-electron chi connectivity index (χ3n) is 2.90. The van der Waals surface area contributed by atoms with Crippen molar-refractivity contribution in [3.05, 3.63) is 34.3 Å². The Morgan fingerprint density at radius 1 is 1.37 bits per heavy atom. The molecule has 0 aliphatic carbocycles. The first-order valence-corrected chi connectivity index (χ1v) is 6.49. The number of esters is 1. The van der Waals surface area contributed by atoms with Crippen molar-refractivity contribution >= 4 is 23.5 Å². The molecule has 19 heavy (non-hydrogen) atoms. The van der Waals surface area contributed by atoms with E-state index < -0.39 is 0 Å². The Labute approximate surface area is 118 Å². The van der Waals surface area contributed by atoms with Gasteiger partial charge in [0.05, 0.1) is 13.5 Å². The topological polar surface area (TPSA) is 46.6 Å². The molecule has 0 radical (unpaired) electrons. The smallest absolute Gasteiger partial charge is 0.307 e. The van der Waals surface area contributed by atoms with Crippen LogP contribution in [0.25, 0.3) is 0 Å². The molecular weight excluding hydrogens is 266 g/mol. The highest BCUT2D eigenvalue weighted by molar-refractivity contribution is 6.30. The molecule has 0 spiro atoms. The Morgan fingerprint density at radius 2 is 2.05 bits per heavy atom. The van der Waals surface area contributed by atoms with E-state index >= 15 is 0 Å². The van der Waals surface area contributed by atoms with Crippen LogP contribution in [-0.4, -0.2) is 37.0 Å². The summed E-state index contributed by atoms with van der Waals surface area (Å²) in [5, 5.41) is 0.603. The van der Waals surface area contributed by atoms with E-state index in [0.717, 1.165) is 5.56 Å². The Hall–Kier alpha value is -1.55. The van der Waals surface area contributed by atoms with Crippen LogP contribution in [-0.2, 0) is 9.53 Å². The van der Waals surface area contributed by atoms with E-state index in [0.29, 0.717) is 23.7 Å². The summed E-state index contributed by atoms with van der Waals surface area (Å²) in [6.45, 7) is 4.61. The minimum absolute atomic E-state index is 0.0967. The Kier molecular flexibility index (Phi) is 5.83. The van der Waals surface area contributed by atoms with Crippen molar-refractivity contribution in [2.45, 2.75) is 20.3 Å². The highest BCUT2D eigenvalue weighted by atomic mass is 35.5. The minimum Gasteiger partial charge on any atom is -0.469 e. The molecule has 0 aliphatic rings. The monoisotopic (exact) mass is 283 g/mol. The van der Waals surface area contributed by atoms with Gasteiger partial charge in [-0.25, -0.2) is 0 Å². The van der Waals surface area contributed by atoms with E-state index in [9.17, 15) is 9.59 Å². The van der Waals surface area contributed by atoms with Crippen molar-refractivity contribution in [1.29, 1.82) is 0 Å². The van der Waals surface area contributed by atoms with Crippen LogP contribution < -0.4 is 0 Å². The lowest BCUT2D eigenvalue weighted by Crippen LogP contribution is -2.33. The molecule has 0 heterocycles. The maximum absolute atomic E-state index is 12.3. The van der Waals surface area contributed by atoms with Gasteiger partial charge in [0, 0.05) is 23.7 Å². The Morgan fingerprint density at radius 3 is 2.58 bits per heavy atom. The second kappa shape index (κ2) is 7.14. The highest BCUT2D eigenvalue weighted by Crippen LogP contribution is 2.17. The van der Waals surface area contributed by atoms with Crippen LogP contribution in [0.2, 0.25) is 5.02 Å². The summed E-state index contributed by atoms with van der Waals surface area (Å²) >= 11 is 5.87. The molecule has 5 heteroatoms. The number of benzene rings is 1. The van der Waals surface area contributed by atoms with E-state index in [1.54, 1.807) is 23.1 Å². The largest absolute Gasteiger partial charge is 0.469 e. The van der Waals surface area contributed by atoms with Gasteiger partial charge in [-0.3, -0.25) is 9.59 Å². The summed E-state index contributed by atoms with van der Waals surface area (Å²) in [5.41, 5.74) is 1.44. The van der Waals surface area contributed by atoms with Crippen LogP contribution in [0, 0.1) is 6.92 Å². The fraction of sp³-hybridized carbons (Fsp3) is 0.429. The fourth-order valence-electron chi connectivity index (χ4n) is 1.77. The maximum atomic E-state index is 12.3. The number of ether oxygens (including phenoxy) is 1. The standard InChI is InChI=1S/C14H18ClNO3/c1-4-16(8-7-13(17)19-3)14(18)12-6-5-11(15)9-10(12)2/h5-6,9H,4,7-8H2,1-3H3. The predicted octanol–water partition coefficient (Wildman–Crippen LogP) is 2.67. The predicted molar refractivity (Wildman–Crippen MR) is 74.4 cm³/mol. The van der Waals surface area contributed by atoms with Gasteiger partial charge in [-0.1, -0.05) is 11.6 Å². The summed E-state index contributed by atoms with van der Waals surface area (Å²) in [7, 11) is 1.34. The van der Waals surface area contributed by atoms with Crippen LogP contribution in [0.3, 0.4) is 0 Å². The number of carbonyl (C=O) groups is 2. The third kappa shape index (κ3) is 4.24. The molecule has 0 saturated heterocycles. The zero-order chi connectivity index (χ0) is 14.4. The number of carbonyl (C=O) groups excluding carboxylic acids is 2. The van der Waals surface area contributed by atoms with E-state index in [1.807, 2.05) is 13.8 Å². The SMILES string of the molecule is CCN(CCC(=O)OC)C(=O)c1ccc(Cl)cc1C. The minimum atomic E-state index is -0.320. The van der Waals surface area contributed by atoms with E-state index in [-0.39, 0.29) is 18.3 Å². The van der Waals surface area contributed by atoms with Gasteiger partial charge in [0.2, 0.25) is 0 Å². The highest BCUT2D eigenvalue weighted by Gasteiger charge is 2.17. The summed E-state index contributed by atoms with van der Waals surface area (Å²) in [6.07, 6.45) is 0.197. The van der Waals surface area contributed by atoms with Crippen molar-refractivity contribution in [1.82, 2.24) is 4.90 Å². The van der Waals surface area contributed by atoms with Gasteiger partial charge in [0.15, 0.2) is 0 Å². The number of hydrogen-bond acceptors (Lipinski definition) is 3. The molecule has 104 valence electrons. The summed E-state index contributed by atoms with van der Waals surface area (Å²) < 4.78 is 4.58. The molecule has 0 saturated carbocycles. The van der Waals surface area contributed by atoms with E-state index in [4.69, 9.17) is 11.6 Å². The molecule has 0 fully saturated rings. The van der Waals surface area contributed by atoms with E-state index in [2.05, 4.69) is 4.74 Å². The van der Waals surface area contributed by atoms with Crippen molar-refractivity contribution in [2.24, 2.45) is 0 Å². The number of nitrogens with zero attached hydrogens (tertiary/aromatic N) is 1. The molecule has 0 atom stereocenters. The van der Waals surface area contributed by atoms with Crippen LogP contribution in [0.1, 0.15) is 29.3 Å². The fourth-order valence-corrected chi connectivity index (χ4v) is 2.00. The van der Waals surface area contributed by atoms with Crippen molar-refractivity contribution in [3.63, 3.8) is 0 Å². The van der Waals surface area contributed by atoms with Gasteiger partial charge in [0.1, 0.15) is 0 Å². The molecule has 4 nitrogen and oxygen atoms in total. The summed E-state index contributed by atoms with van der Waals surface area (Å²) in [6, 6.07) is 5.15. The zero-order valence-electron chi connectivity index (χ0n) is 11.4. The second-order valence-corrected chi connectivity index (χ2v) is 4.61. The van der Waals surface area contributed by atoms with Gasteiger partial charge in [-0.15, -0.1) is 0 Å². The summed E-state index contributed by atoms with van der Waals surface area (Å²) in [4.78, 5) is 25.1. The number of halogens is 1. The molecule has 0 aliphatic heterocycles. The quantitative estimate of drug-likeness (QED) is 0.781. The zero-order valence-corrected chi connectivity index (χ0v) is 12.2. The second-order valence-electron chi connectivity index (χ2n) is 4.17. The number of methoxy groups -OCH3 is 1. The molecule has 1 aromatic rings. The van der Waals surface area contributed by atoms with Crippen LogP contribution in [0.5, 0.6) is 0 Å². The first-order valence-electron chi connectivity index (χ1n) is 6.11. The molecule has 0 bridgehead atoms. The molecule has 1 amide bonds. The van der Waals surface area contributed by atoms with Gasteiger partial charge >= 0.3 is 5.97 Å². The first kappa shape index (κ1) is 15.5. The van der Waals surface area contributed by atoms with Crippen LogP contribution in [0.15, 0.2) is 18.2 Å². The van der Waals surface area contributed by atoms with Crippen molar-refractivity contribution in [3.8, 4) is 0 Å². The lowest BCUT2D eigenvalue weighted by atomic mass is 10.1. The first-order chi connectivity index (χ1) is 8.99. The van der Waals surface area contributed by atoms with Crippen LogP contribution >= 0.6 is 11.6 Å². The molecular formula is C14H18ClNO3. The Balaban J connectivity index is 2.80. The van der Waals surface area contributed by atoms with Gasteiger partial charge < -0.3 is 9.64 Å². The molecule has 1 rings (SSSR count). The third-order valence-corrected chi connectivity index (χ3v) is 3.14. The van der Waals surface area contributed by atoms with E-state index in [1.165, 1.54) is 7.11 Å². The lowest BCUT2D eigenvalue weighted by Gasteiger charge is -2.21. The van der Waals surface area contributed by atoms with Gasteiger partial charge in [-0.2, -0.15) is 0 Å². The van der Waals surface area contributed by atoms with Crippen LogP contribution in [0.4, 0.5) is 0 Å². The molecule has 0 aromatic heterocycles. The van der Waals surface area contributed by atoms with Gasteiger partial charge in [-0.05, 0) is 37.6 Å². The summed E-state index contributed by atoms with van der Waals surface area (Å²) in [5.74, 6) is -0.417. The number of hydrogen-bond donors (Lipinski definition) is 0. The van der Waals surface area contributed by atoms with Gasteiger partial charge in [0.25, 0.3) is 5.91 Å². The molecule has 1 aromatic carbocycles. The molecule has 0 unspecified atom stereocenters. The number of aryl methyl sites for hydroxylation is 1. The molecule has 0 N–H and O–H groups in total. The average molecular weight is 284 g/mol. The lowest BCUT2D eigenvalue weighted by molar-refractivity contribution is -0.140. The Bertz CT molecular complexity index is 474. The average Bonchev–Trinajstić information content (AvgIpc) is 2.38. The number of amides is 1. The van der Waals surface area contributed by atoms with Crippen molar-refractivity contribution < 1.29 is 14.3 Å².